The van der Waals surface area contributed by atoms with Gasteiger partial charge in [-0.15, -0.1) is 11.3 Å². The van der Waals surface area contributed by atoms with E-state index in [1.165, 1.54) is 23.0 Å². The molecule has 11 nitrogen and oxygen atoms in total. The van der Waals surface area contributed by atoms with Crippen LogP contribution < -0.4 is 27.2 Å². The van der Waals surface area contributed by atoms with Gasteiger partial charge >= 0.3 is 5.69 Å². The minimum absolute atomic E-state index is 0.0427. The molecule has 0 saturated carbocycles. The Hall–Kier alpha value is -2.99. The van der Waals surface area contributed by atoms with E-state index < -0.39 is 17.2 Å². The lowest BCUT2D eigenvalue weighted by Gasteiger charge is -2.24. The molecule has 0 atom stereocenters. The van der Waals surface area contributed by atoms with Gasteiger partial charge in [0.25, 0.3) is 5.56 Å². The number of H-pyrrole nitrogens is 1. The molecule has 0 aliphatic heterocycles. The van der Waals surface area contributed by atoms with E-state index in [1.54, 1.807) is 11.6 Å². The van der Waals surface area contributed by atoms with Gasteiger partial charge in [0, 0.05) is 44.6 Å². The summed E-state index contributed by atoms with van der Waals surface area (Å²) in [5, 5.41) is 4.74. The number of aromatic nitrogens is 3. The van der Waals surface area contributed by atoms with Gasteiger partial charge in [-0.2, -0.15) is 0 Å². The molecule has 0 fully saturated rings. The number of rotatable bonds is 10. The SMILES string of the molecule is CCCn1c(N)c(N(CCOC)C(=O)CCC(=O)Nc2nccs2)c(=O)[nH]c1=O. The zero-order valence-corrected chi connectivity index (χ0v) is 17.1. The molecule has 158 valence electrons. The summed E-state index contributed by atoms with van der Waals surface area (Å²) in [5.41, 5.74) is 4.52. The predicted molar refractivity (Wildman–Crippen MR) is 110 cm³/mol. The van der Waals surface area contributed by atoms with Crippen LogP contribution in [0.3, 0.4) is 0 Å². The number of ether oxygens (including phenoxy) is 1. The van der Waals surface area contributed by atoms with Crippen molar-refractivity contribution in [3.8, 4) is 0 Å². The number of methoxy groups -OCH3 is 1. The first kappa shape index (κ1) is 22.3. The maximum atomic E-state index is 12.8. The highest BCUT2D eigenvalue weighted by Gasteiger charge is 2.24. The fraction of sp³-hybridized carbons (Fsp3) is 0.471. The Morgan fingerprint density at radius 3 is 2.76 bits per heavy atom. The molecule has 0 unspecified atom stereocenters. The molecule has 4 N–H and O–H groups in total. The molecule has 2 aromatic rings. The van der Waals surface area contributed by atoms with Crippen LogP contribution in [0.4, 0.5) is 16.6 Å². The van der Waals surface area contributed by atoms with Crippen LogP contribution in [0.2, 0.25) is 0 Å². The second-order valence-corrected chi connectivity index (χ2v) is 6.96. The monoisotopic (exact) mass is 424 g/mol. The van der Waals surface area contributed by atoms with Gasteiger partial charge in [0.1, 0.15) is 5.82 Å². The van der Waals surface area contributed by atoms with Crippen molar-refractivity contribution in [3.63, 3.8) is 0 Å². The number of carbonyl (C=O) groups is 2. The maximum Gasteiger partial charge on any atom is 0.330 e. The van der Waals surface area contributed by atoms with E-state index in [0.29, 0.717) is 11.6 Å². The molecule has 0 saturated heterocycles. The summed E-state index contributed by atoms with van der Waals surface area (Å²) < 4.78 is 6.23. The van der Waals surface area contributed by atoms with Crippen molar-refractivity contribution in [1.82, 2.24) is 14.5 Å². The van der Waals surface area contributed by atoms with Crippen LogP contribution in [-0.4, -0.2) is 46.6 Å². The van der Waals surface area contributed by atoms with E-state index in [9.17, 15) is 19.2 Å². The number of nitrogens with one attached hydrogen (secondary N) is 2. The summed E-state index contributed by atoms with van der Waals surface area (Å²) in [4.78, 5) is 56.5. The fourth-order valence-corrected chi connectivity index (χ4v) is 3.20. The molecular formula is C17H24N6O5S. The Labute approximate surface area is 170 Å². The first-order valence-electron chi connectivity index (χ1n) is 9.00. The van der Waals surface area contributed by atoms with Crippen molar-refractivity contribution in [2.75, 3.05) is 36.2 Å². The van der Waals surface area contributed by atoms with Crippen LogP contribution >= 0.6 is 11.3 Å². The minimum Gasteiger partial charge on any atom is -0.383 e. The molecule has 0 aliphatic carbocycles. The van der Waals surface area contributed by atoms with Crippen molar-refractivity contribution in [2.45, 2.75) is 32.7 Å². The van der Waals surface area contributed by atoms with E-state index in [0.717, 1.165) is 4.90 Å². The summed E-state index contributed by atoms with van der Waals surface area (Å²) in [7, 11) is 1.45. The lowest BCUT2D eigenvalue weighted by Crippen LogP contribution is -2.42. The molecule has 29 heavy (non-hydrogen) atoms. The standard InChI is InChI=1S/C17H24N6O5S/c1-3-7-23-14(18)13(15(26)21-17(23)27)22(8-9-28-2)12(25)5-4-11(24)20-16-19-6-10-29-16/h6,10H,3-5,7-9,18H2,1-2H3,(H,19,20,24)(H,21,26,27). The number of thiazole rings is 1. The quantitative estimate of drug-likeness (QED) is 0.498. The van der Waals surface area contributed by atoms with Crippen LogP contribution in [-0.2, 0) is 20.9 Å². The molecule has 12 heteroatoms. The van der Waals surface area contributed by atoms with Gasteiger partial charge in [0.2, 0.25) is 11.8 Å². The molecule has 0 aromatic carbocycles. The highest BCUT2D eigenvalue weighted by molar-refractivity contribution is 7.13. The summed E-state index contributed by atoms with van der Waals surface area (Å²) in [6.45, 7) is 2.33. The number of nitrogen functional groups attached to an aromatic ring is 1. The minimum atomic E-state index is -0.767. The van der Waals surface area contributed by atoms with Crippen LogP contribution in [0.15, 0.2) is 21.2 Å². The number of hydrogen-bond acceptors (Lipinski definition) is 8. The van der Waals surface area contributed by atoms with Gasteiger partial charge in [0.05, 0.1) is 6.61 Å². The second-order valence-electron chi connectivity index (χ2n) is 6.07. The number of nitrogens with zero attached hydrogens (tertiary/aromatic N) is 3. The predicted octanol–water partition coefficient (Wildman–Crippen LogP) is 0.384. The zero-order valence-electron chi connectivity index (χ0n) is 16.3. The van der Waals surface area contributed by atoms with E-state index in [-0.39, 0.29) is 50.0 Å². The van der Waals surface area contributed by atoms with Gasteiger partial charge in [-0.25, -0.2) is 9.78 Å². The Balaban J connectivity index is 2.23. The first-order chi connectivity index (χ1) is 13.9. The lowest BCUT2D eigenvalue weighted by molar-refractivity contribution is -0.122. The van der Waals surface area contributed by atoms with Crippen LogP contribution in [0, 0.1) is 0 Å². The Morgan fingerprint density at radius 2 is 2.14 bits per heavy atom. The van der Waals surface area contributed by atoms with Crippen LogP contribution in [0.5, 0.6) is 0 Å². The number of carbonyl (C=O) groups excluding carboxylic acids is 2. The van der Waals surface area contributed by atoms with Crippen molar-refractivity contribution >= 4 is 39.8 Å². The van der Waals surface area contributed by atoms with E-state index in [2.05, 4.69) is 15.3 Å². The number of hydrogen-bond donors (Lipinski definition) is 3. The zero-order chi connectivity index (χ0) is 21.4. The van der Waals surface area contributed by atoms with E-state index in [4.69, 9.17) is 10.5 Å². The second kappa shape index (κ2) is 10.5. The normalized spacial score (nSPS) is 10.7. The number of anilines is 3. The number of aromatic amines is 1. The Morgan fingerprint density at radius 1 is 1.38 bits per heavy atom. The topological polar surface area (TPSA) is 152 Å². The number of nitrogens with two attached hydrogens (primary N) is 1. The Kier molecular flexibility index (Phi) is 8.09. The maximum absolute atomic E-state index is 12.8. The van der Waals surface area contributed by atoms with Crippen molar-refractivity contribution in [2.24, 2.45) is 0 Å². The van der Waals surface area contributed by atoms with E-state index in [1.807, 2.05) is 6.92 Å². The molecular weight excluding hydrogens is 400 g/mol. The van der Waals surface area contributed by atoms with Gasteiger partial charge in [-0.05, 0) is 6.42 Å². The summed E-state index contributed by atoms with van der Waals surface area (Å²) in [5.74, 6) is -0.967. The van der Waals surface area contributed by atoms with Gasteiger partial charge < -0.3 is 20.7 Å². The molecule has 2 aromatic heterocycles. The van der Waals surface area contributed by atoms with Crippen molar-refractivity contribution in [3.05, 3.63) is 32.4 Å². The molecule has 0 bridgehead atoms. The smallest absolute Gasteiger partial charge is 0.330 e. The highest BCUT2D eigenvalue weighted by atomic mass is 32.1. The molecule has 0 spiro atoms. The third kappa shape index (κ3) is 5.74. The third-order valence-electron chi connectivity index (χ3n) is 4.00. The summed E-state index contributed by atoms with van der Waals surface area (Å²) >= 11 is 1.26. The van der Waals surface area contributed by atoms with Crippen molar-refractivity contribution in [1.29, 1.82) is 0 Å². The van der Waals surface area contributed by atoms with Crippen LogP contribution in [0.25, 0.3) is 0 Å². The fourth-order valence-electron chi connectivity index (χ4n) is 2.65. The molecule has 0 radical (unpaired) electrons. The average molecular weight is 424 g/mol. The van der Waals surface area contributed by atoms with E-state index >= 15 is 0 Å². The summed E-state index contributed by atoms with van der Waals surface area (Å²) in [6.07, 6.45) is 1.90. The molecule has 2 amide bonds. The highest BCUT2D eigenvalue weighted by Crippen LogP contribution is 2.18. The lowest BCUT2D eigenvalue weighted by atomic mass is 10.2. The molecule has 2 rings (SSSR count). The van der Waals surface area contributed by atoms with Gasteiger partial charge in [0.15, 0.2) is 10.8 Å². The first-order valence-corrected chi connectivity index (χ1v) is 9.88. The third-order valence-corrected chi connectivity index (χ3v) is 4.68. The van der Waals surface area contributed by atoms with Crippen LogP contribution in [0.1, 0.15) is 26.2 Å². The summed E-state index contributed by atoms with van der Waals surface area (Å²) in [6, 6.07) is 0. The Bertz CT molecular complexity index is 952. The largest absolute Gasteiger partial charge is 0.383 e. The number of amides is 2. The molecule has 0 aliphatic rings. The van der Waals surface area contributed by atoms with Gasteiger partial charge in [-0.3, -0.25) is 23.9 Å². The molecule has 2 heterocycles. The van der Waals surface area contributed by atoms with Gasteiger partial charge in [-0.1, -0.05) is 6.92 Å². The average Bonchev–Trinajstić information content (AvgIpc) is 3.18. The van der Waals surface area contributed by atoms with Crippen molar-refractivity contribution < 1.29 is 14.3 Å².